The molecule has 0 radical (unpaired) electrons. The van der Waals surface area contributed by atoms with Crippen molar-refractivity contribution in [3.05, 3.63) is 22.2 Å². The van der Waals surface area contributed by atoms with E-state index in [-0.39, 0.29) is 6.04 Å². The number of benzene rings is 1. The van der Waals surface area contributed by atoms with E-state index in [0.717, 1.165) is 35.5 Å². The zero-order valence-electron chi connectivity index (χ0n) is 12.5. The van der Waals surface area contributed by atoms with Gasteiger partial charge in [-0.25, -0.2) is 0 Å². The van der Waals surface area contributed by atoms with Crippen LogP contribution < -0.4 is 14.9 Å². The van der Waals surface area contributed by atoms with Crippen molar-refractivity contribution < 1.29 is 9.47 Å². The summed E-state index contributed by atoms with van der Waals surface area (Å²) in [6.07, 6.45) is 1.04. The van der Waals surface area contributed by atoms with Crippen molar-refractivity contribution in [2.24, 2.45) is 11.0 Å². The third-order valence-electron chi connectivity index (χ3n) is 4.25. The van der Waals surface area contributed by atoms with Gasteiger partial charge in [0.15, 0.2) is 11.5 Å². The van der Waals surface area contributed by atoms with E-state index in [0.29, 0.717) is 5.92 Å². The van der Waals surface area contributed by atoms with Crippen LogP contribution in [0.15, 0.2) is 21.7 Å². The Morgan fingerprint density at radius 2 is 2.14 bits per heavy atom. The van der Waals surface area contributed by atoms with Crippen LogP contribution in [0.25, 0.3) is 0 Å². The second-order valence-corrected chi connectivity index (χ2v) is 6.42. The molecule has 0 amide bonds. The van der Waals surface area contributed by atoms with Crippen LogP contribution in [0.5, 0.6) is 11.5 Å². The molecule has 5 nitrogen and oxygen atoms in total. The lowest BCUT2D eigenvalue weighted by Crippen LogP contribution is -2.39. The minimum Gasteiger partial charge on any atom is -0.493 e. The highest BCUT2D eigenvalue weighted by Crippen LogP contribution is 2.41. The summed E-state index contributed by atoms with van der Waals surface area (Å²) in [5.41, 5.74) is 5.74. The van der Waals surface area contributed by atoms with E-state index in [1.54, 1.807) is 14.2 Å². The summed E-state index contributed by atoms with van der Waals surface area (Å²) in [6.45, 7) is 2.11. The van der Waals surface area contributed by atoms with Gasteiger partial charge in [0.05, 0.1) is 24.7 Å². The number of nitrogens with zero attached hydrogens (tertiary/aromatic N) is 2. The van der Waals surface area contributed by atoms with Crippen molar-refractivity contribution in [3.8, 4) is 11.5 Å². The fraction of sp³-hybridized carbons (Fsp3) is 0.533. The zero-order valence-corrected chi connectivity index (χ0v) is 14.1. The Kier molecular flexibility index (Phi) is 4.08. The first-order valence-electron chi connectivity index (χ1n) is 7.06. The van der Waals surface area contributed by atoms with Crippen LogP contribution in [0.4, 0.5) is 0 Å². The molecule has 1 saturated heterocycles. The zero-order chi connectivity index (χ0) is 15.0. The number of methoxy groups -OCH3 is 2. The maximum Gasteiger partial charge on any atom is 0.174 e. The molecule has 21 heavy (non-hydrogen) atoms. The van der Waals surface area contributed by atoms with Gasteiger partial charge in [0.25, 0.3) is 0 Å². The molecule has 1 aromatic carbocycles. The molecule has 1 N–H and O–H groups in total. The highest BCUT2D eigenvalue weighted by molar-refractivity contribution is 9.10. The standard InChI is InChI=1S/C15H20BrN3O2/c1-19-5-4-12-10(8-19)14(18-17-12)9-6-11(16)15(21-3)13(7-9)20-2/h6-7,10,14,18H,4-5,8H2,1-3H3. The number of fused-ring (bicyclic) bond motifs is 1. The monoisotopic (exact) mass is 353 g/mol. The summed E-state index contributed by atoms with van der Waals surface area (Å²) < 4.78 is 11.7. The van der Waals surface area contributed by atoms with Gasteiger partial charge in [-0.05, 0) is 40.7 Å². The maximum atomic E-state index is 5.44. The molecule has 2 aliphatic rings. The molecule has 114 valence electrons. The van der Waals surface area contributed by atoms with Crippen molar-refractivity contribution in [1.82, 2.24) is 10.3 Å². The molecule has 0 aromatic heterocycles. The van der Waals surface area contributed by atoms with Crippen molar-refractivity contribution in [1.29, 1.82) is 0 Å². The molecule has 1 aromatic rings. The second kappa shape index (κ2) is 5.85. The molecule has 2 atom stereocenters. The Hall–Kier alpha value is -1.27. The predicted octanol–water partition coefficient (Wildman–Crippen LogP) is 2.42. The average Bonchev–Trinajstić information content (AvgIpc) is 2.89. The minimum absolute atomic E-state index is 0.193. The lowest BCUT2D eigenvalue weighted by atomic mass is 9.86. The molecule has 0 spiro atoms. The van der Waals surface area contributed by atoms with E-state index in [9.17, 15) is 0 Å². The van der Waals surface area contributed by atoms with Crippen LogP contribution in [0, 0.1) is 5.92 Å². The molecule has 1 fully saturated rings. The number of likely N-dealkylation sites (tertiary alicyclic amines) is 1. The first-order valence-corrected chi connectivity index (χ1v) is 7.85. The Bertz CT molecular complexity index is 576. The van der Waals surface area contributed by atoms with E-state index < -0.39 is 0 Å². The Morgan fingerprint density at radius 3 is 2.86 bits per heavy atom. The largest absolute Gasteiger partial charge is 0.493 e. The molecule has 2 heterocycles. The average molecular weight is 354 g/mol. The maximum absolute atomic E-state index is 5.44. The number of hydrazone groups is 1. The summed E-state index contributed by atoms with van der Waals surface area (Å²) in [5, 5.41) is 4.53. The first kappa shape index (κ1) is 14.7. The van der Waals surface area contributed by atoms with Gasteiger partial charge in [-0.15, -0.1) is 0 Å². The van der Waals surface area contributed by atoms with Crippen LogP contribution in [-0.4, -0.2) is 45.0 Å². The SMILES string of the molecule is COc1cc(C2NN=C3CCN(C)CC32)cc(Br)c1OC. The molecular weight excluding hydrogens is 334 g/mol. The number of nitrogens with one attached hydrogen (secondary N) is 1. The topological polar surface area (TPSA) is 46.1 Å². The van der Waals surface area contributed by atoms with Crippen molar-refractivity contribution in [3.63, 3.8) is 0 Å². The molecule has 0 bridgehead atoms. The quantitative estimate of drug-likeness (QED) is 0.906. The van der Waals surface area contributed by atoms with Gasteiger partial charge in [-0.3, -0.25) is 0 Å². The van der Waals surface area contributed by atoms with E-state index >= 15 is 0 Å². The first-order chi connectivity index (χ1) is 10.1. The number of ether oxygens (including phenoxy) is 2. The van der Waals surface area contributed by atoms with Gasteiger partial charge < -0.3 is 19.8 Å². The molecule has 2 aliphatic heterocycles. The number of piperidine rings is 1. The fourth-order valence-corrected chi connectivity index (χ4v) is 3.75. The smallest absolute Gasteiger partial charge is 0.174 e. The molecule has 2 unspecified atom stereocenters. The van der Waals surface area contributed by atoms with E-state index in [4.69, 9.17) is 9.47 Å². The fourth-order valence-electron chi connectivity index (χ4n) is 3.13. The molecule has 0 aliphatic carbocycles. The van der Waals surface area contributed by atoms with Gasteiger partial charge in [0.2, 0.25) is 0 Å². The lowest BCUT2D eigenvalue weighted by molar-refractivity contribution is 0.272. The highest BCUT2D eigenvalue weighted by atomic mass is 79.9. The van der Waals surface area contributed by atoms with Gasteiger partial charge in [0, 0.05) is 31.1 Å². The van der Waals surface area contributed by atoms with E-state index in [1.807, 2.05) is 6.07 Å². The van der Waals surface area contributed by atoms with Gasteiger partial charge in [-0.1, -0.05) is 0 Å². The van der Waals surface area contributed by atoms with Crippen LogP contribution in [0.2, 0.25) is 0 Å². The highest BCUT2D eigenvalue weighted by Gasteiger charge is 2.36. The van der Waals surface area contributed by atoms with E-state index in [1.165, 1.54) is 11.3 Å². The summed E-state index contributed by atoms with van der Waals surface area (Å²) >= 11 is 3.57. The second-order valence-electron chi connectivity index (χ2n) is 5.57. The van der Waals surface area contributed by atoms with Crippen LogP contribution in [0.3, 0.4) is 0 Å². The number of hydrogen-bond donors (Lipinski definition) is 1. The normalized spacial score (nSPS) is 25.0. The Morgan fingerprint density at radius 1 is 1.33 bits per heavy atom. The Labute approximate surface area is 133 Å². The van der Waals surface area contributed by atoms with Crippen molar-refractivity contribution in [2.45, 2.75) is 12.5 Å². The molecule has 3 rings (SSSR count). The predicted molar refractivity (Wildman–Crippen MR) is 86.2 cm³/mol. The molecule has 6 heteroatoms. The summed E-state index contributed by atoms with van der Waals surface area (Å²) in [4.78, 5) is 2.36. The third kappa shape index (κ3) is 2.62. The van der Waals surface area contributed by atoms with Crippen molar-refractivity contribution >= 4 is 21.6 Å². The number of halogens is 1. The van der Waals surface area contributed by atoms with Gasteiger partial charge in [0.1, 0.15) is 0 Å². The van der Waals surface area contributed by atoms with Gasteiger partial charge >= 0.3 is 0 Å². The lowest BCUT2D eigenvalue weighted by Gasteiger charge is -2.31. The summed E-state index contributed by atoms with van der Waals surface area (Å²) in [7, 11) is 5.47. The number of rotatable bonds is 3. The third-order valence-corrected chi connectivity index (χ3v) is 4.84. The molecular formula is C15H20BrN3O2. The summed E-state index contributed by atoms with van der Waals surface area (Å²) in [5.74, 6) is 1.89. The van der Waals surface area contributed by atoms with Gasteiger partial charge in [-0.2, -0.15) is 5.10 Å². The number of hydrogen-bond acceptors (Lipinski definition) is 5. The molecule has 0 saturated carbocycles. The van der Waals surface area contributed by atoms with Crippen LogP contribution in [-0.2, 0) is 0 Å². The van der Waals surface area contributed by atoms with E-state index in [2.05, 4.69) is 44.5 Å². The Balaban J connectivity index is 1.92. The van der Waals surface area contributed by atoms with Crippen LogP contribution in [0.1, 0.15) is 18.0 Å². The summed E-state index contributed by atoms with van der Waals surface area (Å²) in [6, 6.07) is 4.32. The minimum atomic E-state index is 0.193. The van der Waals surface area contributed by atoms with Crippen molar-refractivity contribution in [2.75, 3.05) is 34.4 Å². The van der Waals surface area contributed by atoms with Crippen LogP contribution >= 0.6 is 15.9 Å².